The highest BCUT2D eigenvalue weighted by atomic mass is 16.4. The SMILES string of the molecule is CC(C)(C)N(C(=O)O)c1cccc(-c2cc(Nc3cccc4c3CC(O)C4)ncn2)c1. The number of fused-ring (bicyclic) bond motifs is 1. The summed E-state index contributed by atoms with van der Waals surface area (Å²) in [6.45, 7) is 5.57. The Labute approximate surface area is 181 Å². The standard InChI is InChI=1S/C24H26N4O3/c1-24(2,3)28(23(30)31)17-8-4-7-16(10-17)21-13-22(26-14-25-21)27-20-9-5-6-15-11-18(29)12-19(15)20/h4-10,13-14,18,29H,11-12H2,1-3H3,(H,30,31)(H,25,26,27). The van der Waals surface area contributed by atoms with Crippen LogP contribution in [0.25, 0.3) is 11.3 Å². The minimum Gasteiger partial charge on any atom is -0.465 e. The number of benzene rings is 2. The highest BCUT2D eigenvalue weighted by molar-refractivity contribution is 5.88. The van der Waals surface area contributed by atoms with Crippen molar-refractivity contribution in [1.29, 1.82) is 0 Å². The molecule has 0 bridgehead atoms. The van der Waals surface area contributed by atoms with Gasteiger partial charge in [0.1, 0.15) is 12.1 Å². The lowest BCUT2D eigenvalue weighted by atomic mass is 10.0. The Bertz CT molecular complexity index is 1120. The van der Waals surface area contributed by atoms with Gasteiger partial charge in [-0.1, -0.05) is 24.3 Å². The van der Waals surface area contributed by atoms with Gasteiger partial charge in [0, 0.05) is 35.0 Å². The average Bonchev–Trinajstić information content (AvgIpc) is 3.08. The van der Waals surface area contributed by atoms with Crippen molar-refractivity contribution < 1.29 is 15.0 Å². The van der Waals surface area contributed by atoms with Gasteiger partial charge in [0.2, 0.25) is 0 Å². The van der Waals surface area contributed by atoms with Crippen LogP contribution in [-0.2, 0) is 12.8 Å². The Morgan fingerprint density at radius 3 is 2.61 bits per heavy atom. The van der Waals surface area contributed by atoms with E-state index in [0.29, 0.717) is 30.0 Å². The van der Waals surface area contributed by atoms with E-state index in [1.165, 1.54) is 11.2 Å². The molecular formula is C24H26N4O3. The number of hydrogen-bond donors (Lipinski definition) is 3. The molecule has 1 aromatic heterocycles. The fraction of sp³-hybridized carbons (Fsp3) is 0.292. The summed E-state index contributed by atoms with van der Waals surface area (Å²) in [5.41, 5.74) is 4.67. The first-order valence-electron chi connectivity index (χ1n) is 10.2. The van der Waals surface area contributed by atoms with Gasteiger partial charge in [0.15, 0.2) is 0 Å². The zero-order chi connectivity index (χ0) is 22.2. The van der Waals surface area contributed by atoms with Crippen molar-refractivity contribution >= 4 is 23.3 Å². The van der Waals surface area contributed by atoms with Crippen LogP contribution in [0.2, 0.25) is 0 Å². The predicted octanol–water partition coefficient (Wildman–Crippen LogP) is 4.63. The molecule has 1 heterocycles. The van der Waals surface area contributed by atoms with Crippen LogP contribution in [0, 0.1) is 0 Å². The number of nitrogens with zero attached hydrogens (tertiary/aromatic N) is 3. The molecule has 1 aliphatic carbocycles. The lowest BCUT2D eigenvalue weighted by Gasteiger charge is -2.33. The average molecular weight is 418 g/mol. The van der Waals surface area contributed by atoms with Gasteiger partial charge in [-0.05, 0) is 56.5 Å². The molecule has 1 aliphatic rings. The third-order valence-electron chi connectivity index (χ3n) is 5.36. The van der Waals surface area contributed by atoms with Crippen LogP contribution in [0.15, 0.2) is 54.9 Å². The number of aromatic nitrogens is 2. The van der Waals surface area contributed by atoms with Crippen LogP contribution in [0.1, 0.15) is 31.9 Å². The van der Waals surface area contributed by atoms with E-state index in [2.05, 4.69) is 15.3 Å². The molecule has 160 valence electrons. The zero-order valence-corrected chi connectivity index (χ0v) is 17.8. The fourth-order valence-electron chi connectivity index (χ4n) is 4.06. The van der Waals surface area contributed by atoms with E-state index >= 15 is 0 Å². The minimum absolute atomic E-state index is 0.346. The maximum atomic E-state index is 11.8. The first kappa shape index (κ1) is 20.8. The smallest absolute Gasteiger partial charge is 0.412 e. The summed E-state index contributed by atoms with van der Waals surface area (Å²) in [6.07, 6.45) is 1.43. The molecule has 0 spiro atoms. The van der Waals surface area contributed by atoms with Gasteiger partial charge in [-0.25, -0.2) is 14.8 Å². The second-order valence-electron chi connectivity index (χ2n) is 8.76. The summed E-state index contributed by atoms with van der Waals surface area (Å²) < 4.78 is 0. The molecule has 0 saturated heterocycles. The van der Waals surface area contributed by atoms with Crippen molar-refractivity contribution in [3.05, 3.63) is 66.0 Å². The molecule has 0 fully saturated rings. The van der Waals surface area contributed by atoms with Crippen molar-refractivity contribution in [1.82, 2.24) is 9.97 Å². The molecule has 1 unspecified atom stereocenters. The summed E-state index contributed by atoms with van der Waals surface area (Å²) in [4.78, 5) is 21.9. The van der Waals surface area contributed by atoms with Crippen molar-refractivity contribution in [3.63, 3.8) is 0 Å². The van der Waals surface area contributed by atoms with Gasteiger partial charge in [0.25, 0.3) is 0 Å². The highest BCUT2D eigenvalue weighted by Gasteiger charge is 2.28. The second-order valence-corrected chi connectivity index (χ2v) is 8.76. The van der Waals surface area contributed by atoms with Crippen molar-refractivity contribution in [3.8, 4) is 11.3 Å². The molecule has 3 N–H and O–H groups in total. The Morgan fingerprint density at radius 2 is 1.87 bits per heavy atom. The lowest BCUT2D eigenvalue weighted by molar-refractivity contribution is 0.187. The molecule has 31 heavy (non-hydrogen) atoms. The minimum atomic E-state index is -1.00. The summed E-state index contributed by atoms with van der Waals surface area (Å²) >= 11 is 0. The highest BCUT2D eigenvalue weighted by Crippen LogP contribution is 2.32. The zero-order valence-electron chi connectivity index (χ0n) is 17.8. The van der Waals surface area contributed by atoms with E-state index < -0.39 is 11.6 Å². The first-order valence-corrected chi connectivity index (χ1v) is 10.2. The number of carbonyl (C=O) groups is 1. The second kappa shape index (κ2) is 8.00. The molecule has 1 atom stereocenters. The third-order valence-corrected chi connectivity index (χ3v) is 5.36. The third kappa shape index (κ3) is 4.36. The maximum absolute atomic E-state index is 11.8. The van der Waals surface area contributed by atoms with Gasteiger partial charge in [-0.15, -0.1) is 0 Å². The number of rotatable bonds is 4. The van der Waals surface area contributed by atoms with Crippen LogP contribution >= 0.6 is 0 Å². The Morgan fingerprint density at radius 1 is 1.10 bits per heavy atom. The van der Waals surface area contributed by atoms with Crippen molar-refractivity contribution in [2.45, 2.75) is 45.3 Å². The summed E-state index contributed by atoms with van der Waals surface area (Å²) in [7, 11) is 0. The van der Waals surface area contributed by atoms with Crippen LogP contribution < -0.4 is 10.2 Å². The monoisotopic (exact) mass is 418 g/mol. The predicted molar refractivity (Wildman–Crippen MR) is 121 cm³/mol. The van der Waals surface area contributed by atoms with E-state index in [0.717, 1.165) is 22.4 Å². The quantitative estimate of drug-likeness (QED) is 0.571. The Kier molecular flexibility index (Phi) is 5.37. The molecule has 1 amide bonds. The molecule has 7 heteroatoms. The van der Waals surface area contributed by atoms with Crippen LogP contribution in [0.3, 0.4) is 0 Å². The van der Waals surface area contributed by atoms with Crippen LogP contribution in [0.4, 0.5) is 22.0 Å². The fourth-order valence-corrected chi connectivity index (χ4v) is 4.06. The number of nitrogens with one attached hydrogen (secondary N) is 1. The van der Waals surface area contributed by atoms with Gasteiger partial charge < -0.3 is 15.5 Å². The number of aliphatic hydroxyl groups is 1. The summed E-state index contributed by atoms with van der Waals surface area (Å²) in [5, 5.41) is 23.0. The van der Waals surface area contributed by atoms with Gasteiger partial charge in [-0.3, -0.25) is 4.90 Å². The largest absolute Gasteiger partial charge is 0.465 e. The van der Waals surface area contributed by atoms with Gasteiger partial charge in [-0.2, -0.15) is 0 Å². The molecule has 0 aliphatic heterocycles. The molecule has 0 radical (unpaired) electrons. The van der Waals surface area contributed by atoms with Gasteiger partial charge in [0.05, 0.1) is 11.8 Å². The number of aliphatic hydroxyl groups excluding tert-OH is 1. The van der Waals surface area contributed by atoms with Crippen LogP contribution in [-0.4, -0.2) is 37.9 Å². The Balaban J connectivity index is 1.64. The molecule has 2 aromatic carbocycles. The molecular weight excluding hydrogens is 392 g/mol. The van der Waals surface area contributed by atoms with Crippen LogP contribution in [0.5, 0.6) is 0 Å². The first-order chi connectivity index (χ1) is 14.7. The number of carboxylic acid groups (broad SMARTS) is 1. The normalized spacial score (nSPS) is 15.4. The Hall–Kier alpha value is -3.45. The van der Waals surface area contributed by atoms with E-state index in [1.807, 2.05) is 63.2 Å². The summed E-state index contributed by atoms with van der Waals surface area (Å²) in [6, 6.07) is 15.2. The topological polar surface area (TPSA) is 98.6 Å². The molecule has 7 nitrogen and oxygen atoms in total. The molecule has 4 rings (SSSR count). The van der Waals surface area contributed by atoms with E-state index in [9.17, 15) is 15.0 Å². The van der Waals surface area contributed by atoms with Crippen molar-refractivity contribution in [2.24, 2.45) is 0 Å². The van der Waals surface area contributed by atoms with Crippen molar-refractivity contribution in [2.75, 3.05) is 10.2 Å². The van der Waals surface area contributed by atoms with Gasteiger partial charge >= 0.3 is 6.09 Å². The number of anilines is 3. The summed E-state index contributed by atoms with van der Waals surface area (Å²) in [5.74, 6) is 0.635. The number of hydrogen-bond acceptors (Lipinski definition) is 5. The molecule has 3 aromatic rings. The van der Waals surface area contributed by atoms with E-state index in [1.54, 1.807) is 6.07 Å². The number of amides is 1. The van der Waals surface area contributed by atoms with E-state index in [-0.39, 0.29) is 6.10 Å². The lowest BCUT2D eigenvalue weighted by Crippen LogP contribution is -2.45. The maximum Gasteiger partial charge on any atom is 0.412 e. The van der Waals surface area contributed by atoms with E-state index in [4.69, 9.17) is 0 Å². The molecule has 0 saturated carbocycles.